The Morgan fingerprint density at radius 1 is 0.943 bits per heavy atom. The molecular weight excluding hydrogens is 513 g/mol. The summed E-state index contributed by atoms with van der Waals surface area (Å²) in [5, 5.41) is 6.92. The highest BCUT2D eigenvalue weighted by molar-refractivity contribution is 6.35. The van der Waals surface area contributed by atoms with Crippen LogP contribution in [0.15, 0.2) is 42.5 Å². The van der Waals surface area contributed by atoms with E-state index in [-0.39, 0.29) is 24.8 Å². The van der Waals surface area contributed by atoms with E-state index in [0.29, 0.717) is 46.9 Å². The number of nitrogens with zero attached hydrogens (tertiary/aromatic N) is 3. The summed E-state index contributed by atoms with van der Waals surface area (Å²) in [6.45, 7) is 3.85. The molecule has 2 N–H and O–H groups in total. The van der Waals surface area contributed by atoms with Gasteiger partial charge in [0.25, 0.3) is 0 Å². The molecule has 2 aromatic carbocycles. The number of anilines is 2. The van der Waals surface area contributed by atoms with E-state index in [4.69, 9.17) is 34.8 Å². The van der Waals surface area contributed by atoms with Gasteiger partial charge < -0.3 is 20.4 Å². The van der Waals surface area contributed by atoms with Crippen LogP contribution in [0.2, 0.25) is 15.1 Å². The normalized spacial score (nSPS) is 18.8. The van der Waals surface area contributed by atoms with Crippen LogP contribution < -0.4 is 15.5 Å². The minimum absolute atomic E-state index is 0.162. The smallest absolute Gasteiger partial charge is 0.243 e. The number of carbonyl (C=O) groups excluding carboxylic acids is 3. The Morgan fingerprint density at radius 2 is 1.66 bits per heavy atom. The topological polar surface area (TPSA) is 85.0 Å². The molecule has 1 atom stereocenters. The molecule has 2 aliphatic heterocycles. The third-order valence-corrected chi connectivity index (χ3v) is 6.75. The fourth-order valence-electron chi connectivity index (χ4n) is 4.35. The Morgan fingerprint density at radius 3 is 2.34 bits per heavy atom. The van der Waals surface area contributed by atoms with Gasteiger partial charge in [0.15, 0.2) is 0 Å². The van der Waals surface area contributed by atoms with Crippen molar-refractivity contribution < 1.29 is 14.4 Å². The number of amides is 3. The molecule has 0 radical (unpaired) electrons. The molecule has 186 valence electrons. The van der Waals surface area contributed by atoms with Crippen molar-refractivity contribution in [1.29, 1.82) is 0 Å². The molecule has 11 heteroatoms. The second-order valence-corrected chi connectivity index (χ2v) is 9.86. The highest BCUT2D eigenvalue weighted by Crippen LogP contribution is 2.23. The molecular formula is C24H26Cl3N5O3. The lowest BCUT2D eigenvalue weighted by Gasteiger charge is -2.39. The monoisotopic (exact) mass is 537 g/mol. The first-order chi connectivity index (χ1) is 16.8. The summed E-state index contributed by atoms with van der Waals surface area (Å²) in [5.41, 5.74) is 1.49. The van der Waals surface area contributed by atoms with Crippen molar-refractivity contribution in [2.24, 2.45) is 0 Å². The maximum Gasteiger partial charge on any atom is 0.243 e. The van der Waals surface area contributed by atoms with Gasteiger partial charge in [0.05, 0.1) is 13.0 Å². The highest BCUT2D eigenvalue weighted by atomic mass is 35.5. The Hall–Kier alpha value is -2.52. The van der Waals surface area contributed by atoms with Gasteiger partial charge in [0, 0.05) is 65.7 Å². The molecule has 2 heterocycles. The van der Waals surface area contributed by atoms with Gasteiger partial charge in [-0.3, -0.25) is 19.3 Å². The minimum Gasteiger partial charge on any atom is -0.369 e. The number of hydrogen-bond acceptors (Lipinski definition) is 5. The fourth-order valence-corrected chi connectivity index (χ4v) is 5.06. The zero-order valence-electron chi connectivity index (χ0n) is 19.0. The van der Waals surface area contributed by atoms with Crippen molar-refractivity contribution in [3.63, 3.8) is 0 Å². The fraction of sp³-hybridized carbons (Fsp3) is 0.375. The number of carbonyl (C=O) groups is 3. The first kappa shape index (κ1) is 25.6. The Kier molecular flexibility index (Phi) is 8.38. The van der Waals surface area contributed by atoms with Crippen molar-refractivity contribution >= 4 is 63.9 Å². The Labute approximate surface area is 219 Å². The lowest BCUT2D eigenvalue weighted by molar-refractivity contribution is -0.145. The van der Waals surface area contributed by atoms with Gasteiger partial charge in [-0.2, -0.15) is 0 Å². The molecule has 2 aromatic rings. The van der Waals surface area contributed by atoms with Crippen LogP contribution in [-0.2, 0) is 14.4 Å². The quantitative estimate of drug-likeness (QED) is 0.590. The first-order valence-corrected chi connectivity index (χ1v) is 12.5. The van der Waals surface area contributed by atoms with Gasteiger partial charge in [0.1, 0.15) is 6.04 Å². The van der Waals surface area contributed by atoms with Crippen LogP contribution in [0.5, 0.6) is 0 Å². The SMILES string of the molecule is O=C(CC1C(=O)NCCN1C(=O)CN1CCN(c2cccc(Cl)c2)CC1)Nc1cc(Cl)cc(Cl)c1. The molecule has 0 bridgehead atoms. The molecule has 0 spiro atoms. The van der Waals surface area contributed by atoms with E-state index in [9.17, 15) is 14.4 Å². The maximum absolute atomic E-state index is 13.2. The minimum atomic E-state index is -0.876. The zero-order valence-corrected chi connectivity index (χ0v) is 21.2. The molecule has 35 heavy (non-hydrogen) atoms. The number of nitrogens with one attached hydrogen (secondary N) is 2. The van der Waals surface area contributed by atoms with Crippen molar-refractivity contribution in [2.45, 2.75) is 12.5 Å². The summed E-state index contributed by atoms with van der Waals surface area (Å²) in [7, 11) is 0. The van der Waals surface area contributed by atoms with Crippen LogP contribution in [0.3, 0.4) is 0 Å². The average Bonchev–Trinajstić information content (AvgIpc) is 2.80. The third kappa shape index (κ3) is 6.79. The summed E-state index contributed by atoms with van der Waals surface area (Å²) in [5.74, 6) is -0.910. The number of halogens is 3. The van der Waals surface area contributed by atoms with Crippen LogP contribution in [0.1, 0.15) is 6.42 Å². The second kappa shape index (κ2) is 11.5. The van der Waals surface area contributed by atoms with Crippen LogP contribution >= 0.6 is 34.8 Å². The predicted molar refractivity (Wildman–Crippen MR) is 138 cm³/mol. The van der Waals surface area contributed by atoms with Crippen LogP contribution in [0.25, 0.3) is 0 Å². The number of rotatable bonds is 6. The van der Waals surface area contributed by atoms with Crippen LogP contribution in [-0.4, -0.2) is 79.4 Å². The lowest BCUT2D eigenvalue weighted by atomic mass is 10.1. The van der Waals surface area contributed by atoms with E-state index in [2.05, 4.69) is 20.4 Å². The van der Waals surface area contributed by atoms with Gasteiger partial charge in [-0.05, 0) is 36.4 Å². The van der Waals surface area contributed by atoms with Crippen molar-refractivity contribution in [1.82, 2.24) is 15.1 Å². The average molecular weight is 539 g/mol. The Balaban J connectivity index is 1.33. The zero-order chi connectivity index (χ0) is 24.9. The van der Waals surface area contributed by atoms with Crippen molar-refractivity contribution in [3.05, 3.63) is 57.5 Å². The largest absolute Gasteiger partial charge is 0.369 e. The molecule has 2 saturated heterocycles. The lowest BCUT2D eigenvalue weighted by Crippen LogP contribution is -2.60. The van der Waals surface area contributed by atoms with E-state index in [1.807, 2.05) is 24.3 Å². The number of piperazine rings is 2. The molecule has 0 aromatic heterocycles. The maximum atomic E-state index is 13.2. The van der Waals surface area contributed by atoms with Gasteiger partial charge in [-0.15, -0.1) is 0 Å². The second-order valence-electron chi connectivity index (χ2n) is 8.55. The van der Waals surface area contributed by atoms with Gasteiger partial charge in [-0.25, -0.2) is 0 Å². The predicted octanol–water partition coefficient (Wildman–Crippen LogP) is 3.12. The molecule has 0 saturated carbocycles. The van der Waals surface area contributed by atoms with E-state index in [0.717, 1.165) is 18.8 Å². The molecule has 4 rings (SSSR count). The standard InChI is InChI=1S/C24H26Cl3N5O3/c25-16-2-1-3-20(13-16)31-8-6-30(7-9-31)15-23(34)32-5-4-28-24(35)21(32)14-22(33)29-19-11-17(26)10-18(27)12-19/h1-3,10-13,21H,4-9,14-15H2,(H,28,35)(H,29,33). The van der Waals surface area contributed by atoms with Crippen molar-refractivity contribution in [3.8, 4) is 0 Å². The van der Waals surface area contributed by atoms with E-state index in [1.165, 1.54) is 4.90 Å². The molecule has 2 aliphatic rings. The summed E-state index contributed by atoms with van der Waals surface area (Å²) >= 11 is 18.1. The van der Waals surface area contributed by atoms with Gasteiger partial charge in [-0.1, -0.05) is 40.9 Å². The van der Waals surface area contributed by atoms with Crippen LogP contribution in [0.4, 0.5) is 11.4 Å². The van der Waals surface area contributed by atoms with Gasteiger partial charge >= 0.3 is 0 Å². The summed E-state index contributed by atoms with van der Waals surface area (Å²) in [6, 6.07) is 11.5. The molecule has 2 fully saturated rings. The Bertz CT molecular complexity index is 1090. The molecule has 1 unspecified atom stereocenters. The molecule has 3 amide bonds. The third-order valence-electron chi connectivity index (χ3n) is 6.08. The number of benzene rings is 2. The summed E-state index contributed by atoms with van der Waals surface area (Å²) in [4.78, 5) is 44.2. The summed E-state index contributed by atoms with van der Waals surface area (Å²) < 4.78 is 0. The molecule has 0 aliphatic carbocycles. The van der Waals surface area contributed by atoms with E-state index < -0.39 is 11.9 Å². The highest BCUT2D eigenvalue weighted by Gasteiger charge is 2.35. The molecule has 8 nitrogen and oxygen atoms in total. The first-order valence-electron chi connectivity index (χ1n) is 11.3. The van der Waals surface area contributed by atoms with E-state index in [1.54, 1.807) is 18.2 Å². The van der Waals surface area contributed by atoms with Crippen LogP contribution in [0, 0.1) is 0 Å². The van der Waals surface area contributed by atoms with E-state index >= 15 is 0 Å². The number of hydrogen-bond donors (Lipinski definition) is 2. The van der Waals surface area contributed by atoms with Gasteiger partial charge in [0.2, 0.25) is 17.7 Å². The van der Waals surface area contributed by atoms with Crippen molar-refractivity contribution in [2.75, 3.05) is 56.0 Å². The summed E-state index contributed by atoms with van der Waals surface area (Å²) in [6.07, 6.45) is -0.162.